The molecule has 0 radical (unpaired) electrons. The van der Waals surface area contributed by atoms with Gasteiger partial charge in [0.2, 0.25) is 11.8 Å². The van der Waals surface area contributed by atoms with Gasteiger partial charge in [-0.1, -0.05) is 12.1 Å². The van der Waals surface area contributed by atoms with Crippen molar-refractivity contribution in [1.82, 2.24) is 0 Å². The van der Waals surface area contributed by atoms with Crippen molar-refractivity contribution in [2.75, 3.05) is 18.6 Å². The van der Waals surface area contributed by atoms with Crippen molar-refractivity contribution >= 4 is 23.5 Å². The molecule has 6 nitrogen and oxygen atoms in total. The fraction of sp³-hybridized carbons (Fsp3) is 0.400. The summed E-state index contributed by atoms with van der Waals surface area (Å²) in [4.78, 5) is 35.7. The summed E-state index contributed by atoms with van der Waals surface area (Å²) >= 11 is 0. The second-order valence-electron chi connectivity index (χ2n) is 5.05. The molecular formula is C15H18N2O4. The van der Waals surface area contributed by atoms with E-state index in [1.54, 1.807) is 4.90 Å². The fourth-order valence-electron chi connectivity index (χ4n) is 2.34. The molecule has 0 aromatic heterocycles. The van der Waals surface area contributed by atoms with Gasteiger partial charge in [0.1, 0.15) is 0 Å². The highest BCUT2D eigenvalue weighted by atomic mass is 16.5. The number of carbonyl (C=O) groups is 3. The minimum Gasteiger partial charge on any atom is -0.469 e. The molecule has 112 valence electrons. The number of hydrogen-bond donors (Lipinski definition) is 1. The Labute approximate surface area is 122 Å². The molecule has 1 fully saturated rings. The van der Waals surface area contributed by atoms with Gasteiger partial charge in [-0.05, 0) is 24.1 Å². The normalized spacial score (nSPS) is 17.9. The fourth-order valence-corrected chi connectivity index (χ4v) is 2.34. The molecule has 1 saturated heterocycles. The molecule has 1 heterocycles. The van der Waals surface area contributed by atoms with Crippen LogP contribution in [0.5, 0.6) is 0 Å². The first kappa shape index (κ1) is 15.0. The Hall–Kier alpha value is -2.37. The van der Waals surface area contributed by atoms with Crippen LogP contribution >= 0.6 is 0 Å². The van der Waals surface area contributed by atoms with Crippen molar-refractivity contribution in [1.29, 1.82) is 0 Å². The number of esters is 1. The van der Waals surface area contributed by atoms with Gasteiger partial charge in [0.15, 0.2) is 0 Å². The molecule has 0 saturated carbocycles. The molecule has 1 aromatic rings. The summed E-state index contributed by atoms with van der Waals surface area (Å²) in [6.07, 6.45) is 1.08. The molecule has 6 heteroatoms. The first-order valence-corrected chi connectivity index (χ1v) is 6.76. The van der Waals surface area contributed by atoms with E-state index in [2.05, 4.69) is 4.74 Å². The Bertz CT molecular complexity index is 553. The zero-order valence-electron chi connectivity index (χ0n) is 11.9. The molecule has 0 spiro atoms. The number of benzene rings is 1. The van der Waals surface area contributed by atoms with E-state index >= 15 is 0 Å². The average molecular weight is 290 g/mol. The molecule has 1 unspecified atom stereocenters. The summed E-state index contributed by atoms with van der Waals surface area (Å²) in [6, 6.07) is 7.36. The zero-order valence-corrected chi connectivity index (χ0v) is 11.9. The standard InChI is InChI=1S/C15H18N2O4/c1-21-14(19)7-4-10-2-5-12(6-3-10)17-9-11(15(16)20)8-13(17)18/h2-3,5-6,11H,4,7-9H2,1H3,(H2,16,20). The lowest BCUT2D eigenvalue weighted by Crippen LogP contribution is -2.28. The Morgan fingerprint density at radius 1 is 1.33 bits per heavy atom. The number of primary amides is 1. The summed E-state index contributed by atoms with van der Waals surface area (Å²) in [5.41, 5.74) is 6.97. The van der Waals surface area contributed by atoms with E-state index in [0.29, 0.717) is 19.4 Å². The number of ether oxygens (including phenoxy) is 1. The summed E-state index contributed by atoms with van der Waals surface area (Å²) in [5.74, 6) is -1.21. The number of carbonyl (C=O) groups excluding carboxylic acids is 3. The highest BCUT2D eigenvalue weighted by Crippen LogP contribution is 2.25. The molecular weight excluding hydrogens is 272 g/mol. The summed E-state index contributed by atoms with van der Waals surface area (Å²) in [7, 11) is 1.36. The zero-order chi connectivity index (χ0) is 15.4. The third-order valence-corrected chi connectivity index (χ3v) is 3.62. The van der Waals surface area contributed by atoms with Gasteiger partial charge in [0, 0.05) is 25.1 Å². The SMILES string of the molecule is COC(=O)CCc1ccc(N2CC(C(N)=O)CC2=O)cc1. The molecule has 1 aliphatic heterocycles. The number of nitrogens with zero attached hydrogens (tertiary/aromatic N) is 1. The van der Waals surface area contributed by atoms with E-state index in [0.717, 1.165) is 11.3 Å². The van der Waals surface area contributed by atoms with Crippen molar-refractivity contribution < 1.29 is 19.1 Å². The van der Waals surface area contributed by atoms with Gasteiger partial charge in [0.05, 0.1) is 13.0 Å². The minimum absolute atomic E-state index is 0.0962. The third kappa shape index (κ3) is 3.59. The summed E-state index contributed by atoms with van der Waals surface area (Å²) in [6.45, 7) is 0.329. The van der Waals surface area contributed by atoms with Gasteiger partial charge < -0.3 is 15.4 Å². The second-order valence-corrected chi connectivity index (χ2v) is 5.05. The van der Waals surface area contributed by atoms with Crippen LogP contribution in [0.25, 0.3) is 0 Å². The quantitative estimate of drug-likeness (QED) is 0.805. The Balaban J connectivity index is 2.00. The number of aryl methyl sites for hydroxylation is 1. The van der Waals surface area contributed by atoms with Crippen molar-refractivity contribution in [2.45, 2.75) is 19.3 Å². The number of anilines is 1. The smallest absolute Gasteiger partial charge is 0.305 e. The molecule has 2 rings (SSSR count). The van der Waals surface area contributed by atoms with E-state index in [1.807, 2.05) is 24.3 Å². The van der Waals surface area contributed by atoms with Crippen molar-refractivity contribution in [2.24, 2.45) is 11.7 Å². The van der Waals surface area contributed by atoms with E-state index in [-0.39, 0.29) is 18.3 Å². The number of nitrogens with two attached hydrogens (primary N) is 1. The maximum Gasteiger partial charge on any atom is 0.305 e. The molecule has 2 amide bonds. The van der Waals surface area contributed by atoms with Crippen LogP contribution < -0.4 is 10.6 Å². The third-order valence-electron chi connectivity index (χ3n) is 3.62. The number of hydrogen-bond acceptors (Lipinski definition) is 4. The lowest BCUT2D eigenvalue weighted by atomic mass is 10.1. The van der Waals surface area contributed by atoms with Crippen molar-refractivity contribution in [3.05, 3.63) is 29.8 Å². The monoisotopic (exact) mass is 290 g/mol. The first-order chi connectivity index (χ1) is 10.0. The minimum atomic E-state index is -0.444. The van der Waals surface area contributed by atoms with Gasteiger partial charge >= 0.3 is 5.97 Å². The molecule has 1 aromatic carbocycles. The van der Waals surface area contributed by atoms with Crippen molar-refractivity contribution in [3.8, 4) is 0 Å². The van der Waals surface area contributed by atoms with Gasteiger partial charge in [0.25, 0.3) is 0 Å². The molecule has 21 heavy (non-hydrogen) atoms. The van der Waals surface area contributed by atoms with E-state index < -0.39 is 11.8 Å². The number of amides is 2. The molecule has 1 atom stereocenters. The van der Waals surface area contributed by atoms with Crippen LogP contribution in [0.3, 0.4) is 0 Å². The first-order valence-electron chi connectivity index (χ1n) is 6.76. The highest BCUT2D eigenvalue weighted by molar-refractivity contribution is 6.00. The van der Waals surface area contributed by atoms with Crippen molar-refractivity contribution in [3.63, 3.8) is 0 Å². The van der Waals surface area contributed by atoms with Crippen LogP contribution in [0.4, 0.5) is 5.69 Å². The summed E-state index contributed by atoms with van der Waals surface area (Å²) < 4.78 is 4.59. The van der Waals surface area contributed by atoms with Crippen LogP contribution in [0.2, 0.25) is 0 Å². The average Bonchev–Trinajstić information content (AvgIpc) is 2.87. The van der Waals surface area contributed by atoms with Crippen LogP contribution in [0, 0.1) is 5.92 Å². The van der Waals surface area contributed by atoms with E-state index in [9.17, 15) is 14.4 Å². The van der Waals surface area contributed by atoms with Crippen LogP contribution in [-0.4, -0.2) is 31.4 Å². The predicted molar refractivity (Wildman–Crippen MR) is 76.4 cm³/mol. The highest BCUT2D eigenvalue weighted by Gasteiger charge is 2.33. The molecule has 0 aliphatic carbocycles. The van der Waals surface area contributed by atoms with E-state index in [1.165, 1.54) is 7.11 Å². The topological polar surface area (TPSA) is 89.7 Å². The van der Waals surface area contributed by atoms with Crippen LogP contribution in [-0.2, 0) is 25.5 Å². The lowest BCUT2D eigenvalue weighted by molar-refractivity contribution is -0.140. The van der Waals surface area contributed by atoms with Crippen LogP contribution in [0.15, 0.2) is 24.3 Å². The Morgan fingerprint density at radius 2 is 2.00 bits per heavy atom. The lowest BCUT2D eigenvalue weighted by Gasteiger charge is -2.16. The number of methoxy groups -OCH3 is 1. The van der Waals surface area contributed by atoms with Crippen LogP contribution in [0.1, 0.15) is 18.4 Å². The molecule has 1 aliphatic rings. The summed E-state index contributed by atoms with van der Waals surface area (Å²) in [5, 5.41) is 0. The largest absolute Gasteiger partial charge is 0.469 e. The Kier molecular flexibility index (Phi) is 4.57. The number of rotatable bonds is 5. The maximum atomic E-state index is 11.9. The second kappa shape index (κ2) is 6.39. The predicted octanol–water partition coefficient (Wildman–Crippen LogP) is 0.630. The van der Waals surface area contributed by atoms with E-state index in [4.69, 9.17) is 5.73 Å². The van der Waals surface area contributed by atoms with Gasteiger partial charge in [-0.3, -0.25) is 14.4 Å². The molecule has 2 N–H and O–H groups in total. The van der Waals surface area contributed by atoms with Gasteiger partial charge in [-0.2, -0.15) is 0 Å². The Morgan fingerprint density at radius 3 is 2.52 bits per heavy atom. The van der Waals surface area contributed by atoms with Gasteiger partial charge in [-0.25, -0.2) is 0 Å². The molecule has 0 bridgehead atoms. The van der Waals surface area contributed by atoms with Gasteiger partial charge in [-0.15, -0.1) is 0 Å². The maximum absolute atomic E-state index is 11.9.